The van der Waals surface area contributed by atoms with Gasteiger partial charge in [-0.15, -0.1) is 12.3 Å². The molecule has 0 aliphatic carbocycles. The molecule has 3 heteroatoms. The van der Waals surface area contributed by atoms with Crippen molar-refractivity contribution in [1.29, 1.82) is 0 Å². The fourth-order valence-corrected chi connectivity index (χ4v) is 1.95. The van der Waals surface area contributed by atoms with Gasteiger partial charge in [0.25, 0.3) is 0 Å². The molecule has 0 radical (unpaired) electrons. The van der Waals surface area contributed by atoms with Crippen LogP contribution in [-0.2, 0) is 4.79 Å². The number of hydrogen-bond acceptors (Lipinski definition) is 2. The third-order valence-corrected chi connectivity index (χ3v) is 2.97. The Bertz CT molecular complexity index is 244. The Morgan fingerprint density at radius 2 is 2.47 bits per heavy atom. The lowest BCUT2D eigenvalue weighted by molar-refractivity contribution is -0.124. The van der Waals surface area contributed by atoms with E-state index in [4.69, 9.17) is 6.42 Å². The molecular formula is C12H20N2O. The summed E-state index contributed by atoms with van der Waals surface area (Å²) >= 11 is 0. The largest absolute Gasteiger partial charge is 0.354 e. The Morgan fingerprint density at radius 1 is 1.67 bits per heavy atom. The van der Waals surface area contributed by atoms with Crippen molar-refractivity contribution >= 4 is 5.91 Å². The minimum absolute atomic E-state index is 0.0125. The Hall–Kier alpha value is -1.01. The molecule has 2 N–H and O–H groups in total. The monoisotopic (exact) mass is 208 g/mol. The molecule has 0 aromatic heterocycles. The molecule has 1 saturated heterocycles. The summed E-state index contributed by atoms with van der Waals surface area (Å²) in [4.78, 5) is 11.7. The van der Waals surface area contributed by atoms with E-state index in [-0.39, 0.29) is 11.9 Å². The summed E-state index contributed by atoms with van der Waals surface area (Å²) in [5.41, 5.74) is 0. The molecule has 0 aromatic carbocycles. The highest BCUT2D eigenvalue weighted by Gasteiger charge is 2.25. The third kappa shape index (κ3) is 3.93. The first-order valence-corrected chi connectivity index (χ1v) is 5.72. The summed E-state index contributed by atoms with van der Waals surface area (Å²) in [6, 6.07) is -0.0125. The molecule has 1 aliphatic heterocycles. The number of piperidine rings is 1. The second-order valence-corrected chi connectivity index (χ2v) is 4.05. The number of terminal acetylenes is 1. The zero-order valence-electron chi connectivity index (χ0n) is 9.38. The van der Waals surface area contributed by atoms with Gasteiger partial charge in [-0.3, -0.25) is 4.79 Å². The van der Waals surface area contributed by atoms with E-state index in [0.29, 0.717) is 18.9 Å². The summed E-state index contributed by atoms with van der Waals surface area (Å²) in [6.45, 7) is 3.72. The van der Waals surface area contributed by atoms with Gasteiger partial charge >= 0.3 is 0 Å². The fourth-order valence-electron chi connectivity index (χ4n) is 1.95. The lowest BCUT2D eigenvalue weighted by atomic mass is 9.90. The van der Waals surface area contributed by atoms with Gasteiger partial charge in [0, 0.05) is 13.0 Å². The smallest absolute Gasteiger partial charge is 0.237 e. The molecule has 3 nitrogen and oxygen atoms in total. The standard InChI is InChI=1S/C12H20N2O/c1-3-5-7-14-12(15)11-9-10(4-2)6-8-13-11/h1,10-11,13H,4-9H2,2H3,(H,14,15). The minimum Gasteiger partial charge on any atom is -0.354 e. The summed E-state index contributed by atoms with van der Waals surface area (Å²) in [6.07, 6.45) is 9.03. The van der Waals surface area contributed by atoms with E-state index < -0.39 is 0 Å². The first-order chi connectivity index (χ1) is 7.27. The van der Waals surface area contributed by atoms with E-state index >= 15 is 0 Å². The van der Waals surface area contributed by atoms with Gasteiger partial charge in [-0.2, -0.15) is 0 Å². The molecule has 1 fully saturated rings. The third-order valence-electron chi connectivity index (χ3n) is 2.97. The minimum atomic E-state index is -0.0125. The van der Waals surface area contributed by atoms with Crippen LogP contribution in [0.5, 0.6) is 0 Å². The van der Waals surface area contributed by atoms with Gasteiger partial charge in [0.2, 0.25) is 5.91 Å². The fraction of sp³-hybridized carbons (Fsp3) is 0.750. The van der Waals surface area contributed by atoms with Crippen molar-refractivity contribution in [3.8, 4) is 12.3 Å². The molecule has 2 atom stereocenters. The molecule has 1 amide bonds. The Labute approximate surface area is 92.0 Å². The average molecular weight is 208 g/mol. The van der Waals surface area contributed by atoms with Gasteiger partial charge in [-0.25, -0.2) is 0 Å². The van der Waals surface area contributed by atoms with Crippen molar-refractivity contribution < 1.29 is 4.79 Å². The maximum Gasteiger partial charge on any atom is 0.237 e. The Kier molecular flexibility index (Phi) is 5.20. The molecule has 0 bridgehead atoms. The number of carbonyl (C=O) groups is 1. The van der Waals surface area contributed by atoms with Crippen LogP contribution in [0.1, 0.15) is 32.6 Å². The summed E-state index contributed by atoms with van der Waals surface area (Å²) < 4.78 is 0. The molecule has 1 aliphatic rings. The van der Waals surface area contributed by atoms with Crippen LogP contribution in [0.25, 0.3) is 0 Å². The van der Waals surface area contributed by atoms with Gasteiger partial charge in [-0.05, 0) is 25.3 Å². The van der Waals surface area contributed by atoms with Crippen molar-refractivity contribution in [2.75, 3.05) is 13.1 Å². The van der Waals surface area contributed by atoms with E-state index in [1.165, 1.54) is 6.42 Å². The van der Waals surface area contributed by atoms with E-state index in [2.05, 4.69) is 23.5 Å². The molecule has 2 unspecified atom stereocenters. The van der Waals surface area contributed by atoms with Gasteiger partial charge in [0.1, 0.15) is 0 Å². The van der Waals surface area contributed by atoms with E-state index in [1.54, 1.807) is 0 Å². The van der Waals surface area contributed by atoms with Crippen molar-refractivity contribution in [1.82, 2.24) is 10.6 Å². The highest BCUT2D eigenvalue weighted by molar-refractivity contribution is 5.81. The van der Waals surface area contributed by atoms with Crippen molar-refractivity contribution in [3.05, 3.63) is 0 Å². The number of carbonyl (C=O) groups excluding carboxylic acids is 1. The van der Waals surface area contributed by atoms with Crippen LogP contribution in [0.15, 0.2) is 0 Å². The highest BCUT2D eigenvalue weighted by Crippen LogP contribution is 2.19. The molecular weight excluding hydrogens is 188 g/mol. The van der Waals surface area contributed by atoms with E-state index in [0.717, 1.165) is 19.4 Å². The zero-order valence-corrected chi connectivity index (χ0v) is 9.38. The molecule has 0 saturated carbocycles. The lowest BCUT2D eigenvalue weighted by Gasteiger charge is -2.28. The quantitative estimate of drug-likeness (QED) is 0.532. The van der Waals surface area contributed by atoms with Crippen LogP contribution >= 0.6 is 0 Å². The average Bonchev–Trinajstić information content (AvgIpc) is 2.29. The highest BCUT2D eigenvalue weighted by atomic mass is 16.2. The SMILES string of the molecule is C#CCCNC(=O)C1CC(CC)CCN1. The maximum absolute atomic E-state index is 11.7. The first-order valence-electron chi connectivity index (χ1n) is 5.72. The Balaban J connectivity index is 2.29. The molecule has 1 rings (SSSR count). The molecule has 1 heterocycles. The Morgan fingerprint density at radius 3 is 3.13 bits per heavy atom. The predicted molar refractivity (Wildman–Crippen MR) is 61.3 cm³/mol. The van der Waals surface area contributed by atoms with E-state index in [1.807, 2.05) is 0 Å². The van der Waals surface area contributed by atoms with Crippen LogP contribution in [0.4, 0.5) is 0 Å². The zero-order chi connectivity index (χ0) is 11.1. The predicted octanol–water partition coefficient (Wildman–Crippen LogP) is 0.904. The van der Waals surface area contributed by atoms with Crippen molar-refractivity contribution in [2.45, 2.75) is 38.6 Å². The molecule has 15 heavy (non-hydrogen) atoms. The van der Waals surface area contributed by atoms with Crippen LogP contribution in [0.3, 0.4) is 0 Å². The van der Waals surface area contributed by atoms with Crippen molar-refractivity contribution in [3.63, 3.8) is 0 Å². The second-order valence-electron chi connectivity index (χ2n) is 4.05. The van der Waals surface area contributed by atoms with Crippen molar-refractivity contribution in [2.24, 2.45) is 5.92 Å². The normalized spacial score (nSPS) is 25.6. The summed E-state index contributed by atoms with van der Waals surface area (Å²) in [5.74, 6) is 3.30. The van der Waals surface area contributed by atoms with E-state index in [9.17, 15) is 4.79 Å². The van der Waals surface area contributed by atoms with Gasteiger partial charge < -0.3 is 10.6 Å². The van der Waals surface area contributed by atoms with Gasteiger partial charge in [-0.1, -0.05) is 13.3 Å². The van der Waals surface area contributed by atoms with Crippen LogP contribution in [-0.4, -0.2) is 25.0 Å². The van der Waals surface area contributed by atoms with Crippen LogP contribution in [0.2, 0.25) is 0 Å². The number of hydrogen-bond donors (Lipinski definition) is 2. The van der Waals surface area contributed by atoms with Crippen LogP contribution < -0.4 is 10.6 Å². The number of nitrogens with one attached hydrogen (secondary N) is 2. The van der Waals surface area contributed by atoms with Gasteiger partial charge in [0.15, 0.2) is 0 Å². The second kappa shape index (κ2) is 6.47. The number of rotatable bonds is 4. The first kappa shape index (κ1) is 12.1. The van der Waals surface area contributed by atoms with Gasteiger partial charge in [0.05, 0.1) is 6.04 Å². The summed E-state index contributed by atoms with van der Waals surface area (Å²) in [5, 5.41) is 6.10. The van der Waals surface area contributed by atoms with Crippen LogP contribution in [0, 0.1) is 18.3 Å². The molecule has 0 spiro atoms. The lowest BCUT2D eigenvalue weighted by Crippen LogP contribution is -2.48. The molecule has 84 valence electrons. The topological polar surface area (TPSA) is 41.1 Å². The summed E-state index contributed by atoms with van der Waals surface area (Å²) in [7, 11) is 0. The number of amides is 1. The maximum atomic E-state index is 11.7. The molecule has 0 aromatic rings.